The van der Waals surface area contributed by atoms with Crippen LogP contribution in [0.4, 0.5) is 0 Å². The van der Waals surface area contributed by atoms with Crippen molar-refractivity contribution in [2.75, 3.05) is 0 Å². The molecule has 1 unspecified atom stereocenters. The molecule has 0 saturated carbocycles. The van der Waals surface area contributed by atoms with E-state index in [9.17, 15) is 0 Å². The number of rotatable bonds is 3. The Kier molecular flexibility index (Phi) is 4.03. The second kappa shape index (κ2) is 5.52. The molecule has 1 aromatic heterocycles. The predicted octanol–water partition coefficient (Wildman–Crippen LogP) is 4.57. The zero-order valence-corrected chi connectivity index (χ0v) is 11.0. The lowest BCUT2D eigenvalue weighted by atomic mass is 10.1. The van der Waals surface area contributed by atoms with Crippen LogP contribution >= 0.6 is 23.2 Å². The molecule has 0 N–H and O–H groups in total. The summed E-state index contributed by atoms with van der Waals surface area (Å²) in [5.41, 5.74) is 3.08. The van der Waals surface area contributed by atoms with Gasteiger partial charge in [0.05, 0.1) is 5.38 Å². The Morgan fingerprint density at radius 2 is 2.06 bits per heavy atom. The second-order valence-electron chi connectivity index (χ2n) is 4.02. The first-order chi connectivity index (χ1) is 8.16. The standard InChI is InChI=1S/C14H13Cl2N/c1-10-5-6-12(13(15)8-10)14(16)9-11-4-2-3-7-17-11/h2-8,14H,9H2,1H3. The van der Waals surface area contributed by atoms with Gasteiger partial charge in [0.1, 0.15) is 0 Å². The van der Waals surface area contributed by atoms with Crippen LogP contribution in [0.5, 0.6) is 0 Å². The lowest BCUT2D eigenvalue weighted by molar-refractivity contribution is 0.880. The van der Waals surface area contributed by atoms with E-state index in [1.807, 2.05) is 43.3 Å². The van der Waals surface area contributed by atoms with Gasteiger partial charge in [0.2, 0.25) is 0 Å². The minimum atomic E-state index is -0.141. The first-order valence-corrected chi connectivity index (χ1v) is 6.28. The molecule has 1 nitrogen and oxygen atoms in total. The zero-order chi connectivity index (χ0) is 12.3. The van der Waals surface area contributed by atoms with Gasteiger partial charge in [-0.2, -0.15) is 0 Å². The minimum absolute atomic E-state index is 0.141. The van der Waals surface area contributed by atoms with Gasteiger partial charge in [-0.05, 0) is 36.2 Å². The molecule has 1 heterocycles. The molecule has 0 aliphatic rings. The molecule has 0 aliphatic carbocycles. The van der Waals surface area contributed by atoms with Crippen molar-refractivity contribution in [3.05, 3.63) is 64.4 Å². The Bertz CT molecular complexity index is 497. The summed E-state index contributed by atoms with van der Waals surface area (Å²) >= 11 is 12.6. The zero-order valence-electron chi connectivity index (χ0n) is 9.53. The van der Waals surface area contributed by atoms with E-state index in [1.54, 1.807) is 6.20 Å². The van der Waals surface area contributed by atoms with Gasteiger partial charge in [-0.25, -0.2) is 0 Å². The van der Waals surface area contributed by atoms with Crippen LogP contribution in [0.1, 0.15) is 22.2 Å². The molecule has 0 aliphatic heterocycles. The third kappa shape index (κ3) is 3.21. The Labute approximate surface area is 111 Å². The summed E-state index contributed by atoms with van der Waals surface area (Å²) in [5.74, 6) is 0. The SMILES string of the molecule is Cc1ccc(C(Cl)Cc2ccccn2)c(Cl)c1. The quantitative estimate of drug-likeness (QED) is 0.742. The van der Waals surface area contributed by atoms with Crippen molar-refractivity contribution in [2.45, 2.75) is 18.7 Å². The van der Waals surface area contributed by atoms with E-state index in [0.29, 0.717) is 6.42 Å². The molecule has 0 spiro atoms. The fraction of sp³-hybridized carbons (Fsp3) is 0.214. The van der Waals surface area contributed by atoms with Crippen LogP contribution in [0.15, 0.2) is 42.6 Å². The summed E-state index contributed by atoms with van der Waals surface area (Å²) in [6, 6.07) is 11.8. The van der Waals surface area contributed by atoms with Crippen LogP contribution in [-0.4, -0.2) is 4.98 Å². The summed E-state index contributed by atoms with van der Waals surface area (Å²) in [6.07, 6.45) is 2.46. The highest BCUT2D eigenvalue weighted by Gasteiger charge is 2.13. The first kappa shape index (κ1) is 12.4. The highest BCUT2D eigenvalue weighted by Crippen LogP contribution is 2.30. The fourth-order valence-corrected chi connectivity index (χ4v) is 2.47. The van der Waals surface area contributed by atoms with Crippen molar-refractivity contribution in [1.82, 2.24) is 4.98 Å². The maximum Gasteiger partial charge on any atom is 0.0655 e. The van der Waals surface area contributed by atoms with Gasteiger partial charge in [0, 0.05) is 23.3 Å². The van der Waals surface area contributed by atoms with Gasteiger partial charge in [-0.1, -0.05) is 29.8 Å². The number of nitrogens with zero attached hydrogens (tertiary/aromatic N) is 1. The molecule has 1 aromatic carbocycles. The Balaban J connectivity index is 2.17. The second-order valence-corrected chi connectivity index (χ2v) is 4.95. The van der Waals surface area contributed by atoms with Crippen LogP contribution < -0.4 is 0 Å². The van der Waals surface area contributed by atoms with Gasteiger partial charge in [0.25, 0.3) is 0 Å². The number of pyridine rings is 1. The summed E-state index contributed by atoms with van der Waals surface area (Å²) in [5, 5.41) is 0.582. The van der Waals surface area contributed by atoms with E-state index in [1.165, 1.54) is 0 Å². The van der Waals surface area contributed by atoms with Gasteiger partial charge < -0.3 is 0 Å². The number of aryl methyl sites for hydroxylation is 1. The van der Waals surface area contributed by atoms with Gasteiger partial charge >= 0.3 is 0 Å². The summed E-state index contributed by atoms with van der Waals surface area (Å²) in [6.45, 7) is 2.01. The molecule has 2 aromatic rings. The lowest BCUT2D eigenvalue weighted by Crippen LogP contribution is -1.98. The molecule has 0 bridgehead atoms. The third-order valence-corrected chi connectivity index (χ3v) is 3.32. The van der Waals surface area contributed by atoms with Gasteiger partial charge in [-0.15, -0.1) is 11.6 Å². The topological polar surface area (TPSA) is 12.9 Å². The van der Waals surface area contributed by atoms with Crippen LogP contribution in [0.25, 0.3) is 0 Å². The summed E-state index contributed by atoms with van der Waals surface area (Å²) in [7, 11) is 0. The Morgan fingerprint density at radius 1 is 1.24 bits per heavy atom. The molecule has 0 amide bonds. The number of hydrogen-bond donors (Lipinski definition) is 0. The molecule has 0 saturated heterocycles. The predicted molar refractivity (Wildman–Crippen MR) is 72.7 cm³/mol. The Hall–Kier alpha value is -1.05. The number of hydrogen-bond acceptors (Lipinski definition) is 1. The van der Waals surface area contributed by atoms with E-state index in [-0.39, 0.29) is 5.38 Å². The number of benzene rings is 1. The van der Waals surface area contributed by atoms with Crippen molar-refractivity contribution in [3.63, 3.8) is 0 Å². The lowest BCUT2D eigenvalue weighted by Gasteiger charge is -2.11. The smallest absolute Gasteiger partial charge is 0.0655 e. The fourth-order valence-electron chi connectivity index (χ4n) is 1.70. The number of aromatic nitrogens is 1. The average molecular weight is 266 g/mol. The molecule has 0 fully saturated rings. The highest BCUT2D eigenvalue weighted by atomic mass is 35.5. The van der Waals surface area contributed by atoms with Crippen LogP contribution in [-0.2, 0) is 6.42 Å². The normalized spacial score (nSPS) is 12.4. The monoisotopic (exact) mass is 265 g/mol. The molecule has 3 heteroatoms. The van der Waals surface area contributed by atoms with Gasteiger partial charge in [0.15, 0.2) is 0 Å². The third-order valence-electron chi connectivity index (χ3n) is 2.61. The van der Waals surface area contributed by atoms with E-state index in [2.05, 4.69) is 4.98 Å². The van der Waals surface area contributed by atoms with Crippen LogP contribution in [0.3, 0.4) is 0 Å². The van der Waals surface area contributed by atoms with Gasteiger partial charge in [-0.3, -0.25) is 4.98 Å². The average Bonchev–Trinajstić information content (AvgIpc) is 2.30. The number of halogens is 2. The van der Waals surface area contributed by atoms with Crippen molar-refractivity contribution in [3.8, 4) is 0 Å². The maximum absolute atomic E-state index is 6.37. The minimum Gasteiger partial charge on any atom is -0.261 e. The van der Waals surface area contributed by atoms with E-state index < -0.39 is 0 Å². The molecule has 1 atom stereocenters. The number of alkyl halides is 1. The van der Waals surface area contributed by atoms with E-state index in [4.69, 9.17) is 23.2 Å². The van der Waals surface area contributed by atoms with Crippen molar-refractivity contribution in [1.29, 1.82) is 0 Å². The maximum atomic E-state index is 6.37. The molecule has 17 heavy (non-hydrogen) atoms. The Morgan fingerprint density at radius 3 is 2.71 bits per heavy atom. The molecular weight excluding hydrogens is 253 g/mol. The summed E-state index contributed by atoms with van der Waals surface area (Å²) < 4.78 is 0. The molecule has 88 valence electrons. The van der Waals surface area contributed by atoms with Crippen LogP contribution in [0, 0.1) is 6.92 Å². The summed E-state index contributed by atoms with van der Waals surface area (Å²) in [4.78, 5) is 4.26. The molecular formula is C14H13Cl2N. The van der Waals surface area contributed by atoms with Crippen LogP contribution in [0.2, 0.25) is 5.02 Å². The van der Waals surface area contributed by atoms with Crippen molar-refractivity contribution >= 4 is 23.2 Å². The van der Waals surface area contributed by atoms with Crippen molar-refractivity contribution < 1.29 is 0 Å². The van der Waals surface area contributed by atoms with Crippen molar-refractivity contribution in [2.24, 2.45) is 0 Å². The first-order valence-electron chi connectivity index (χ1n) is 5.47. The highest BCUT2D eigenvalue weighted by molar-refractivity contribution is 6.32. The largest absolute Gasteiger partial charge is 0.261 e. The molecule has 0 radical (unpaired) electrons. The van der Waals surface area contributed by atoms with E-state index >= 15 is 0 Å². The molecule has 2 rings (SSSR count). The van der Waals surface area contributed by atoms with E-state index in [0.717, 1.165) is 21.8 Å².